The van der Waals surface area contributed by atoms with E-state index in [0.29, 0.717) is 11.5 Å². The van der Waals surface area contributed by atoms with E-state index in [1.807, 2.05) is 30.9 Å². The van der Waals surface area contributed by atoms with E-state index in [2.05, 4.69) is 36.4 Å². The molecule has 2 heterocycles. The fourth-order valence-electron chi connectivity index (χ4n) is 2.45. The van der Waals surface area contributed by atoms with Crippen molar-refractivity contribution in [2.45, 2.75) is 44.3 Å². The highest BCUT2D eigenvalue weighted by Gasteiger charge is 2.29. The van der Waals surface area contributed by atoms with Gasteiger partial charge in [0, 0.05) is 29.6 Å². The van der Waals surface area contributed by atoms with Gasteiger partial charge in [0.2, 0.25) is 0 Å². The van der Waals surface area contributed by atoms with Gasteiger partial charge in [0.15, 0.2) is 0 Å². The first kappa shape index (κ1) is 16.1. The molecule has 0 spiro atoms. The number of nitrogens with zero attached hydrogens (tertiary/aromatic N) is 1. The molecule has 1 aliphatic rings. The predicted molar refractivity (Wildman–Crippen MR) is 90.3 cm³/mol. The molecule has 0 saturated carbocycles. The van der Waals surface area contributed by atoms with Crippen LogP contribution in [-0.4, -0.2) is 35.0 Å². The second-order valence-corrected chi connectivity index (χ2v) is 7.84. The number of hydrogen-bond donors (Lipinski definition) is 2. The molecule has 0 aliphatic carbocycles. The minimum absolute atomic E-state index is 0.00970. The molecule has 2 N–H and O–H groups in total. The molecule has 2 rings (SSSR count). The van der Waals surface area contributed by atoms with Crippen molar-refractivity contribution in [1.82, 2.24) is 10.3 Å². The number of hydrogen-bond acceptors (Lipinski definition) is 4. The molecular weight excluding hydrogens is 282 g/mol. The molecule has 1 unspecified atom stereocenters. The minimum Gasteiger partial charge on any atom is -0.373 e. The lowest BCUT2D eigenvalue weighted by molar-refractivity contribution is 0.0949. The van der Waals surface area contributed by atoms with Crippen molar-refractivity contribution in [2.24, 2.45) is 0 Å². The molecule has 1 saturated heterocycles. The summed E-state index contributed by atoms with van der Waals surface area (Å²) in [4.78, 5) is 16.9. The summed E-state index contributed by atoms with van der Waals surface area (Å²) in [6.45, 7) is 7.13. The van der Waals surface area contributed by atoms with Crippen LogP contribution in [0.3, 0.4) is 0 Å². The van der Waals surface area contributed by atoms with Gasteiger partial charge in [-0.05, 0) is 43.6 Å². The second kappa shape index (κ2) is 6.69. The Morgan fingerprint density at radius 1 is 1.48 bits per heavy atom. The number of rotatable bonds is 5. The van der Waals surface area contributed by atoms with Gasteiger partial charge in [-0.3, -0.25) is 4.79 Å². The standard InChI is InChI=1S/C16H25N3OS/c1-11(2)13-8-12(9-14(17-4)19-13)15(20)18-10-16(3)6-5-7-21-16/h8-9,11H,5-7,10H2,1-4H3,(H,17,19)(H,18,20). The van der Waals surface area contributed by atoms with Crippen LogP contribution in [0.5, 0.6) is 0 Å². The van der Waals surface area contributed by atoms with Gasteiger partial charge in [-0.1, -0.05) is 13.8 Å². The van der Waals surface area contributed by atoms with Gasteiger partial charge in [0.05, 0.1) is 0 Å². The highest BCUT2D eigenvalue weighted by Crippen LogP contribution is 2.37. The topological polar surface area (TPSA) is 54.0 Å². The zero-order valence-electron chi connectivity index (χ0n) is 13.3. The Balaban J connectivity index is 2.09. The van der Waals surface area contributed by atoms with Crippen molar-refractivity contribution < 1.29 is 4.79 Å². The van der Waals surface area contributed by atoms with Crippen molar-refractivity contribution in [2.75, 3.05) is 24.7 Å². The third-order valence-electron chi connectivity index (χ3n) is 3.88. The van der Waals surface area contributed by atoms with E-state index in [4.69, 9.17) is 0 Å². The minimum atomic E-state index is -0.00970. The van der Waals surface area contributed by atoms with E-state index in [1.54, 1.807) is 0 Å². The van der Waals surface area contributed by atoms with Crippen molar-refractivity contribution in [1.29, 1.82) is 0 Å². The summed E-state index contributed by atoms with van der Waals surface area (Å²) in [5, 5.41) is 6.11. The largest absolute Gasteiger partial charge is 0.373 e. The van der Waals surface area contributed by atoms with Gasteiger partial charge in [-0.25, -0.2) is 4.98 Å². The SMILES string of the molecule is CNc1cc(C(=O)NCC2(C)CCCS2)cc(C(C)C)n1. The molecule has 0 bridgehead atoms. The number of carbonyl (C=O) groups excluding carboxylic acids is 1. The Kier molecular flexibility index (Phi) is 5.14. The summed E-state index contributed by atoms with van der Waals surface area (Å²) >= 11 is 1.96. The Hall–Kier alpha value is -1.23. The number of aromatic nitrogens is 1. The average Bonchev–Trinajstić information content (AvgIpc) is 2.91. The van der Waals surface area contributed by atoms with E-state index >= 15 is 0 Å². The molecule has 116 valence electrons. The number of anilines is 1. The molecule has 0 radical (unpaired) electrons. The lowest BCUT2D eigenvalue weighted by Gasteiger charge is -2.23. The lowest BCUT2D eigenvalue weighted by Crippen LogP contribution is -2.36. The van der Waals surface area contributed by atoms with E-state index in [0.717, 1.165) is 18.1 Å². The molecule has 1 aromatic heterocycles. The molecule has 21 heavy (non-hydrogen) atoms. The van der Waals surface area contributed by atoms with E-state index in [9.17, 15) is 4.79 Å². The number of thioether (sulfide) groups is 1. The van der Waals surface area contributed by atoms with Crippen LogP contribution in [0.4, 0.5) is 5.82 Å². The van der Waals surface area contributed by atoms with Crippen LogP contribution in [0.2, 0.25) is 0 Å². The molecule has 0 aromatic carbocycles. The normalized spacial score (nSPS) is 21.6. The van der Waals surface area contributed by atoms with Gasteiger partial charge in [-0.2, -0.15) is 11.8 Å². The molecule has 1 amide bonds. The van der Waals surface area contributed by atoms with E-state index < -0.39 is 0 Å². The average molecular weight is 307 g/mol. The third-order valence-corrected chi connectivity index (χ3v) is 5.42. The molecule has 1 fully saturated rings. The van der Waals surface area contributed by atoms with Crippen LogP contribution in [0.15, 0.2) is 12.1 Å². The van der Waals surface area contributed by atoms with Gasteiger partial charge in [-0.15, -0.1) is 0 Å². The summed E-state index contributed by atoms with van der Waals surface area (Å²) in [5.41, 5.74) is 1.62. The summed E-state index contributed by atoms with van der Waals surface area (Å²) in [6.07, 6.45) is 2.42. The van der Waals surface area contributed by atoms with Gasteiger partial charge in [0.1, 0.15) is 5.82 Å². The van der Waals surface area contributed by atoms with E-state index in [-0.39, 0.29) is 10.7 Å². The first-order valence-corrected chi connectivity index (χ1v) is 8.54. The van der Waals surface area contributed by atoms with Crippen LogP contribution >= 0.6 is 11.8 Å². The Morgan fingerprint density at radius 2 is 2.24 bits per heavy atom. The molecule has 1 aliphatic heterocycles. The first-order valence-electron chi connectivity index (χ1n) is 7.55. The summed E-state index contributed by atoms with van der Waals surface area (Å²) in [6, 6.07) is 3.70. The van der Waals surface area contributed by atoms with Gasteiger partial charge in [0.25, 0.3) is 5.91 Å². The summed E-state index contributed by atoms with van der Waals surface area (Å²) < 4.78 is 0.190. The number of carbonyl (C=O) groups is 1. The maximum atomic E-state index is 12.4. The van der Waals surface area contributed by atoms with Crippen molar-refractivity contribution in [3.05, 3.63) is 23.4 Å². The molecule has 1 atom stereocenters. The number of nitrogens with one attached hydrogen (secondary N) is 2. The number of amides is 1. The molecule has 5 heteroatoms. The van der Waals surface area contributed by atoms with E-state index in [1.165, 1.54) is 18.6 Å². The smallest absolute Gasteiger partial charge is 0.251 e. The monoisotopic (exact) mass is 307 g/mol. The first-order chi connectivity index (χ1) is 9.93. The zero-order valence-corrected chi connectivity index (χ0v) is 14.1. The second-order valence-electron chi connectivity index (χ2n) is 6.16. The molecular formula is C16H25N3OS. The van der Waals surface area contributed by atoms with Gasteiger partial charge < -0.3 is 10.6 Å². The highest BCUT2D eigenvalue weighted by molar-refractivity contribution is 8.00. The number of pyridine rings is 1. The van der Waals surface area contributed by atoms with Gasteiger partial charge >= 0.3 is 0 Å². The zero-order chi connectivity index (χ0) is 15.5. The van der Waals surface area contributed by atoms with Crippen molar-refractivity contribution >= 4 is 23.5 Å². The molecule has 4 nitrogen and oxygen atoms in total. The maximum absolute atomic E-state index is 12.4. The van der Waals surface area contributed by atoms with Crippen molar-refractivity contribution in [3.8, 4) is 0 Å². The van der Waals surface area contributed by atoms with Crippen molar-refractivity contribution in [3.63, 3.8) is 0 Å². The van der Waals surface area contributed by atoms with Crippen LogP contribution in [0.1, 0.15) is 55.6 Å². The Labute approximate surface area is 131 Å². The Morgan fingerprint density at radius 3 is 2.81 bits per heavy atom. The summed E-state index contributed by atoms with van der Waals surface area (Å²) in [5.74, 6) is 2.23. The van der Waals surface area contributed by atoms with Crippen LogP contribution in [0.25, 0.3) is 0 Å². The van der Waals surface area contributed by atoms with Crippen LogP contribution < -0.4 is 10.6 Å². The fraction of sp³-hybridized carbons (Fsp3) is 0.625. The predicted octanol–water partition coefficient (Wildman–Crippen LogP) is 3.26. The lowest BCUT2D eigenvalue weighted by atomic mass is 10.0. The maximum Gasteiger partial charge on any atom is 0.251 e. The molecule has 1 aromatic rings. The quantitative estimate of drug-likeness (QED) is 0.876. The third kappa shape index (κ3) is 4.13. The van der Waals surface area contributed by atoms with Crippen LogP contribution in [-0.2, 0) is 0 Å². The van der Waals surface area contributed by atoms with Crippen LogP contribution in [0, 0.1) is 0 Å². The Bertz CT molecular complexity index is 510. The summed E-state index contributed by atoms with van der Waals surface area (Å²) in [7, 11) is 1.82. The highest BCUT2D eigenvalue weighted by atomic mass is 32.2. The fourth-order valence-corrected chi connectivity index (χ4v) is 3.70.